The number of benzene rings is 1. The van der Waals surface area contributed by atoms with E-state index in [1.807, 2.05) is 25.1 Å². The van der Waals surface area contributed by atoms with Gasteiger partial charge >= 0.3 is 0 Å². The predicted molar refractivity (Wildman–Crippen MR) is 83.9 cm³/mol. The fourth-order valence-corrected chi connectivity index (χ4v) is 3.93. The highest BCUT2D eigenvalue weighted by molar-refractivity contribution is 9.10. The molecule has 0 unspecified atom stereocenters. The Bertz CT molecular complexity index is 503. The van der Waals surface area contributed by atoms with Gasteiger partial charge in [0.05, 0.1) is 0 Å². The van der Waals surface area contributed by atoms with Crippen LogP contribution in [0.2, 0.25) is 0 Å². The van der Waals surface area contributed by atoms with Crippen molar-refractivity contribution in [3.8, 4) is 0 Å². The van der Waals surface area contributed by atoms with Gasteiger partial charge < -0.3 is 10.2 Å². The summed E-state index contributed by atoms with van der Waals surface area (Å²) in [6.07, 6.45) is 2.28. The van der Waals surface area contributed by atoms with Gasteiger partial charge in [0.15, 0.2) is 0 Å². The minimum atomic E-state index is 0.197. The maximum Gasteiger partial charge on any atom is 0.254 e. The summed E-state index contributed by atoms with van der Waals surface area (Å²) < 4.78 is 1.03. The lowest BCUT2D eigenvalue weighted by Gasteiger charge is -2.22. The molecular weight excluding hydrogens is 316 g/mol. The molecule has 108 valence electrons. The fourth-order valence-electron chi connectivity index (χ4n) is 3.46. The van der Waals surface area contributed by atoms with Gasteiger partial charge in [-0.2, -0.15) is 0 Å². The van der Waals surface area contributed by atoms with E-state index in [0.717, 1.165) is 66.5 Å². The number of aryl methyl sites for hydroxylation is 1. The molecule has 3 nitrogen and oxygen atoms in total. The van der Waals surface area contributed by atoms with Crippen LogP contribution in [0.1, 0.15) is 28.8 Å². The van der Waals surface area contributed by atoms with Gasteiger partial charge in [-0.1, -0.05) is 15.9 Å². The lowest BCUT2D eigenvalue weighted by atomic mass is 9.92. The van der Waals surface area contributed by atoms with Crippen LogP contribution in [0.25, 0.3) is 0 Å². The van der Waals surface area contributed by atoms with E-state index in [4.69, 9.17) is 0 Å². The molecule has 0 radical (unpaired) electrons. The minimum absolute atomic E-state index is 0.197. The molecule has 0 aliphatic carbocycles. The van der Waals surface area contributed by atoms with E-state index in [2.05, 4.69) is 26.1 Å². The highest BCUT2D eigenvalue weighted by Crippen LogP contribution is 2.28. The summed E-state index contributed by atoms with van der Waals surface area (Å²) >= 11 is 3.45. The Kier molecular flexibility index (Phi) is 4.13. The number of likely N-dealkylation sites (tertiary alicyclic amines) is 1. The van der Waals surface area contributed by atoms with Crippen LogP contribution in [0.4, 0.5) is 0 Å². The van der Waals surface area contributed by atoms with Crippen LogP contribution in [0.3, 0.4) is 0 Å². The third-order valence-electron chi connectivity index (χ3n) is 4.73. The molecular formula is C16H21BrN2O. The zero-order valence-electron chi connectivity index (χ0n) is 11.9. The summed E-state index contributed by atoms with van der Waals surface area (Å²) in [6, 6.07) is 5.91. The van der Waals surface area contributed by atoms with Crippen molar-refractivity contribution >= 4 is 21.8 Å². The first-order chi connectivity index (χ1) is 9.65. The first-order valence-electron chi connectivity index (χ1n) is 7.41. The Morgan fingerprint density at radius 2 is 1.90 bits per heavy atom. The highest BCUT2D eigenvalue weighted by atomic mass is 79.9. The molecule has 2 aliphatic rings. The fraction of sp³-hybridized carbons (Fsp3) is 0.562. The molecule has 2 atom stereocenters. The van der Waals surface area contributed by atoms with E-state index < -0.39 is 0 Å². The second-order valence-electron chi connectivity index (χ2n) is 6.01. The summed E-state index contributed by atoms with van der Waals surface area (Å²) in [5, 5.41) is 3.47. The van der Waals surface area contributed by atoms with Crippen molar-refractivity contribution in [3.05, 3.63) is 33.8 Å². The zero-order chi connectivity index (χ0) is 14.1. The molecule has 1 aromatic carbocycles. The molecule has 2 saturated heterocycles. The van der Waals surface area contributed by atoms with Gasteiger partial charge in [-0.05, 0) is 68.5 Å². The van der Waals surface area contributed by atoms with E-state index >= 15 is 0 Å². The van der Waals surface area contributed by atoms with E-state index in [-0.39, 0.29) is 5.91 Å². The third kappa shape index (κ3) is 2.77. The van der Waals surface area contributed by atoms with E-state index in [1.54, 1.807) is 0 Å². The third-order valence-corrected chi connectivity index (χ3v) is 5.22. The summed E-state index contributed by atoms with van der Waals surface area (Å²) in [6.45, 7) is 6.07. The Morgan fingerprint density at radius 1 is 1.25 bits per heavy atom. The summed E-state index contributed by atoms with van der Waals surface area (Å²) in [5.74, 6) is 1.72. The maximum absolute atomic E-state index is 12.7. The topological polar surface area (TPSA) is 32.3 Å². The van der Waals surface area contributed by atoms with Crippen LogP contribution in [-0.2, 0) is 0 Å². The lowest BCUT2D eigenvalue weighted by molar-refractivity contribution is 0.0758. The predicted octanol–water partition coefficient (Wildman–Crippen LogP) is 2.83. The van der Waals surface area contributed by atoms with Crippen molar-refractivity contribution < 1.29 is 4.79 Å². The number of carbonyl (C=O) groups excluding carboxylic acids is 1. The molecule has 2 heterocycles. The van der Waals surface area contributed by atoms with Crippen LogP contribution in [-0.4, -0.2) is 37.0 Å². The number of fused-ring (bicyclic) bond motifs is 1. The van der Waals surface area contributed by atoms with Crippen LogP contribution in [0.5, 0.6) is 0 Å². The smallest absolute Gasteiger partial charge is 0.254 e. The molecule has 2 aliphatic heterocycles. The van der Waals surface area contributed by atoms with Crippen LogP contribution >= 0.6 is 15.9 Å². The molecule has 1 aromatic rings. The van der Waals surface area contributed by atoms with Gasteiger partial charge in [-0.15, -0.1) is 0 Å². The molecule has 4 heteroatoms. The zero-order valence-corrected chi connectivity index (χ0v) is 13.4. The summed E-state index contributed by atoms with van der Waals surface area (Å²) in [4.78, 5) is 14.7. The van der Waals surface area contributed by atoms with E-state index in [9.17, 15) is 4.79 Å². The average molecular weight is 337 g/mol. The first-order valence-corrected chi connectivity index (χ1v) is 8.20. The van der Waals surface area contributed by atoms with Gasteiger partial charge in [-0.25, -0.2) is 0 Å². The maximum atomic E-state index is 12.7. The SMILES string of the molecule is Cc1cc(Br)ccc1C(=O)N1CC[C@@H]2CNC[C@@H]2CC1. The molecule has 0 aromatic heterocycles. The quantitative estimate of drug-likeness (QED) is 0.855. The van der Waals surface area contributed by atoms with E-state index in [0.29, 0.717) is 0 Å². The molecule has 2 fully saturated rings. The molecule has 0 spiro atoms. The standard InChI is InChI=1S/C16H21BrN2O/c1-11-8-14(17)2-3-15(11)16(20)19-6-4-12-9-18-10-13(12)5-7-19/h2-3,8,12-13,18H,4-7,9-10H2,1H3/t12-,13+. The number of amides is 1. The Morgan fingerprint density at radius 3 is 2.50 bits per heavy atom. The van der Waals surface area contributed by atoms with Crippen LogP contribution < -0.4 is 5.32 Å². The number of hydrogen-bond acceptors (Lipinski definition) is 2. The average Bonchev–Trinajstić information content (AvgIpc) is 2.77. The molecule has 1 amide bonds. The first kappa shape index (κ1) is 14.1. The van der Waals surface area contributed by atoms with Gasteiger partial charge in [-0.3, -0.25) is 4.79 Å². The summed E-state index contributed by atoms with van der Waals surface area (Å²) in [7, 11) is 0. The van der Waals surface area contributed by atoms with Crippen LogP contribution in [0, 0.1) is 18.8 Å². The second-order valence-corrected chi connectivity index (χ2v) is 6.92. The molecule has 0 bridgehead atoms. The number of carbonyl (C=O) groups is 1. The Labute approximate surface area is 128 Å². The van der Waals surface area contributed by atoms with Crippen molar-refractivity contribution in [3.63, 3.8) is 0 Å². The largest absolute Gasteiger partial charge is 0.339 e. The number of rotatable bonds is 1. The summed E-state index contributed by atoms with van der Waals surface area (Å²) in [5.41, 5.74) is 1.90. The van der Waals surface area contributed by atoms with Crippen molar-refractivity contribution in [2.75, 3.05) is 26.2 Å². The molecule has 1 N–H and O–H groups in total. The second kappa shape index (κ2) is 5.86. The normalized spacial score (nSPS) is 26.2. The molecule has 0 saturated carbocycles. The number of nitrogens with zero attached hydrogens (tertiary/aromatic N) is 1. The van der Waals surface area contributed by atoms with Gasteiger partial charge in [0.25, 0.3) is 5.91 Å². The number of hydrogen-bond donors (Lipinski definition) is 1. The van der Waals surface area contributed by atoms with Gasteiger partial charge in [0.2, 0.25) is 0 Å². The van der Waals surface area contributed by atoms with E-state index in [1.165, 1.54) is 0 Å². The lowest BCUT2D eigenvalue weighted by Crippen LogP contribution is -2.33. The van der Waals surface area contributed by atoms with Crippen molar-refractivity contribution in [2.24, 2.45) is 11.8 Å². The van der Waals surface area contributed by atoms with Crippen molar-refractivity contribution in [1.29, 1.82) is 0 Å². The number of halogens is 1. The highest BCUT2D eigenvalue weighted by Gasteiger charge is 2.31. The molecule has 3 rings (SSSR count). The monoisotopic (exact) mass is 336 g/mol. The van der Waals surface area contributed by atoms with Gasteiger partial charge in [0.1, 0.15) is 0 Å². The van der Waals surface area contributed by atoms with Crippen molar-refractivity contribution in [1.82, 2.24) is 10.2 Å². The minimum Gasteiger partial charge on any atom is -0.339 e. The number of nitrogens with one attached hydrogen (secondary N) is 1. The van der Waals surface area contributed by atoms with Crippen molar-refractivity contribution in [2.45, 2.75) is 19.8 Å². The van der Waals surface area contributed by atoms with Gasteiger partial charge in [0, 0.05) is 23.1 Å². The van der Waals surface area contributed by atoms with Crippen LogP contribution in [0.15, 0.2) is 22.7 Å². The molecule has 20 heavy (non-hydrogen) atoms. The Balaban J connectivity index is 1.74. The Hall–Kier alpha value is -0.870.